The molecule has 0 amide bonds. The summed E-state index contributed by atoms with van der Waals surface area (Å²) in [5.74, 6) is -0.101. The van der Waals surface area contributed by atoms with Crippen molar-refractivity contribution in [2.24, 2.45) is 5.14 Å². The zero-order valence-electron chi connectivity index (χ0n) is 16.7. The van der Waals surface area contributed by atoms with Crippen LogP contribution in [0.25, 0.3) is 28.2 Å². The molecule has 12 nitrogen and oxygen atoms in total. The van der Waals surface area contributed by atoms with Crippen molar-refractivity contribution in [3.63, 3.8) is 0 Å². The van der Waals surface area contributed by atoms with Crippen molar-refractivity contribution in [2.75, 3.05) is 20.1 Å². The van der Waals surface area contributed by atoms with Gasteiger partial charge in [-0.25, -0.2) is 26.5 Å². The molecule has 0 bridgehead atoms. The van der Waals surface area contributed by atoms with Crippen molar-refractivity contribution >= 4 is 25.4 Å². The Hall–Kier alpha value is -3.20. The number of hydrogen-bond donors (Lipinski definition) is 2. The van der Waals surface area contributed by atoms with Crippen molar-refractivity contribution in [3.8, 4) is 22.6 Å². The molecule has 1 saturated heterocycles. The van der Waals surface area contributed by atoms with Gasteiger partial charge >= 0.3 is 0 Å². The number of aromatic amines is 1. The highest BCUT2D eigenvalue weighted by molar-refractivity contribution is 7.94. The van der Waals surface area contributed by atoms with E-state index in [0.29, 0.717) is 11.3 Å². The summed E-state index contributed by atoms with van der Waals surface area (Å²) in [6.07, 6.45) is 1.60. The van der Waals surface area contributed by atoms with Crippen LogP contribution in [-0.2, 0) is 19.9 Å². The Morgan fingerprint density at radius 3 is 2.53 bits per heavy atom. The van der Waals surface area contributed by atoms with Crippen LogP contribution in [0.3, 0.4) is 0 Å². The minimum absolute atomic E-state index is 0.0574. The Balaban J connectivity index is 1.88. The van der Waals surface area contributed by atoms with Gasteiger partial charge in [0.15, 0.2) is 9.84 Å². The van der Waals surface area contributed by atoms with Crippen LogP contribution in [0, 0.1) is 0 Å². The second-order valence-electron chi connectivity index (χ2n) is 7.56. The minimum atomic E-state index is -4.52. The van der Waals surface area contributed by atoms with E-state index in [9.17, 15) is 16.8 Å². The first-order valence-corrected chi connectivity index (χ1v) is 12.6. The lowest BCUT2D eigenvalue weighted by Crippen LogP contribution is -2.52. The number of nitrogens with zero attached hydrogens (tertiary/aromatic N) is 6. The van der Waals surface area contributed by atoms with Crippen molar-refractivity contribution in [2.45, 2.75) is 15.0 Å². The van der Waals surface area contributed by atoms with Gasteiger partial charge in [0.2, 0.25) is 15.8 Å². The smallest absolute Gasteiger partial charge is 0.240 e. The van der Waals surface area contributed by atoms with E-state index in [1.54, 1.807) is 36.0 Å². The molecule has 3 aromatic heterocycles. The third kappa shape index (κ3) is 3.19. The first-order chi connectivity index (χ1) is 15.2. The van der Waals surface area contributed by atoms with E-state index in [1.807, 2.05) is 11.0 Å². The third-order valence-electron chi connectivity index (χ3n) is 5.45. The maximum absolute atomic E-state index is 13.3. The lowest BCUT2D eigenvalue weighted by atomic mass is 10.0. The topological polar surface area (TPSA) is 169 Å². The number of benzene rings is 1. The van der Waals surface area contributed by atoms with Crippen LogP contribution in [0.2, 0.25) is 0 Å². The number of rotatable bonds is 5. The van der Waals surface area contributed by atoms with E-state index in [0.717, 1.165) is 5.52 Å². The van der Waals surface area contributed by atoms with Gasteiger partial charge in [0.25, 0.3) is 0 Å². The third-order valence-corrected chi connectivity index (χ3v) is 8.70. The molecule has 1 aliphatic rings. The van der Waals surface area contributed by atoms with Gasteiger partial charge in [0.1, 0.15) is 4.90 Å². The molecule has 1 aliphatic heterocycles. The van der Waals surface area contributed by atoms with Crippen LogP contribution in [-0.4, -0.2) is 77.4 Å². The Labute approximate surface area is 183 Å². The number of hydrogen-bond acceptors (Lipinski definition) is 9. The Morgan fingerprint density at radius 1 is 1.09 bits per heavy atom. The fourth-order valence-corrected chi connectivity index (χ4v) is 7.35. The molecular weight excluding hydrogens is 456 g/mol. The van der Waals surface area contributed by atoms with E-state index in [1.165, 1.54) is 12.1 Å². The predicted molar refractivity (Wildman–Crippen MR) is 114 cm³/mol. The molecule has 4 aromatic rings. The summed E-state index contributed by atoms with van der Waals surface area (Å²) < 4.78 is 53.9. The summed E-state index contributed by atoms with van der Waals surface area (Å²) in [6.45, 7) is 0.580. The minimum Gasteiger partial charge on any atom is -0.304 e. The van der Waals surface area contributed by atoms with Gasteiger partial charge < -0.3 is 4.90 Å². The number of tetrazole rings is 1. The summed E-state index contributed by atoms with van der Waals surface area (Å²) in [5.41, 5.74) is 1.55. The number of sulfone groups is 1. The molecule has 0 saturated carbocycles. The number of primary sulfonamides is 1. The maximum atomic E-state index is 13.3. The van der Waals surface area contributed by atoms with Crippen LogP contribution in [0.4, 0.5) is 0 Å². The molecule has 0 unspecified atom stereocenters. The highest BCUT2D eigenvalue weighted by atomic mass is 32.2. The molecule has 32 heavy (non-hydrogen) atoms. The molecule has 1 fully saturated rings. The van der Waals surface area contributed by atoms with Gasteiger partial charge in [-0.05, 0) is 36.5 Å². The summed E-state index contributed by atoms with van der Waals surface area (Å²) in [7, 11) is -6.74. The number of sulfonamides is 1. The first-order valence-electron chi connectivity index (χ1n) is 9.47. The molecule has 1 aromatic carbocycles. The summed E-state index contributed by atoms with van der Waals surface area (Å²) in [4.78, 5) is 0.885. The summed E-state index contributed by atoms with van der Waals surface area (Å²) in [5, 5.41) is 22.8. The molecule has 3 N–H and O–H groups in total. The lowest BCUT2D eigenvalue weighted by molar-refractivity contribution is 0.231. The average molecular weight is 475 g/mol. The molecule has 166 valence electrons. The van der Waals surface area contributed by atoms with Gasteiger partial charge in [0, 0.05) is 18.7 Å². The Bertz CT molecular complexity index is 1540. The van der Waals surface area contributed by atoms with E-state index < -0.39 is 30.0 Å². The molecule has 0 spiro atoms. The van der Waals surface area contributed by atoms with E-state index in [2.05, 4.69) is 25.7 Å². The quantitative estimate of drug-likeness (QED) is 0.401. The van der Waals surface area contributed by atoms with Gasteiger partial charge in [-0.1, -0.05) is 12.1 Å². The standard InChI is InChI=1S/C18H18N8O4S2/c1-25-9-12(10-25)31(27,28)15-6-5-13(14-4-2-3-11-7-8-20-26(11)14)16(17(15)32(19,29)30)18-21-23-24-22-18/h2-8,12H,9-10H2,1H3,(H2,19,29,30)(H,21,22,23,24). The number of fused-ring (bicyclic) bond motifs is 1. The van der Waals surface area contributed by atoms with E-state index in [-0.39, 0.29) is 29.4 Å². The molecule has 4 heterocycles. The monoisotopic (exact) mass is 474 g/mol. The van der Waals surface area contributed by atoms with Crippen LogP contribution in [0.15, 0.2) is 52.4 Å². The predicted octanol–water partition coefficient (Wildman–Crippen LogP) is -0.0835. The fraction of sp³-hybridized carbons (Fsp3) is 0.222. The highest BCUT2D eigenvalue weighted by Crippen LogP contribution is 2.40. The van der Waals surface area contributed by atoms with Crippen LogP contribution < -0.4 is 5.14 Å². The lowest BCUT2D eigenvalue weighted by Gasteiger charge is -2.35. The summed E-state index contributed by atoms with van der Waals surface area (Å²) >= 11 is 0. The molecule has 0 radical (unpaired) electrons. The molecule has 0 atom stereocenters. The number of H-pyrrole nitrogens is 1. The SMILES string of the molecule is CN1CC(S(=O)(=O)c2ccc(-c3cccc4ccnn34)c(-c3nn[nH]n3)c2S(N)(=O)=O)C1. The van der Waals surface area contributed by atoms with E-state index in [4.69, 9.17) is 5.14 Å². The van der Waals surface area contributed by atoms with Crippen LogP contribution in [0.1, 0.15) is 0 Å². The Morgan fingerprint density at radius 2 is 1.88 bits per heavy atom. The zero-order chi connectivity index (χ0) is 22.7. The second-order valence-corrected chi connectivity index (χ2v) is 11.3. The van der Waals surface area contributed by atoms with Crippen molar-refractivity contribution in [1.29, 1.82) is 0 Å². The number of nitrogens with one attached hydrogen (secondary N) is 1. The van der Waals surface area contributed by atoms with Crippen molar-refractivity contribution in [1.82, 2.24) is 35.1 Å². The van der Waals surface area contributed by atoms with Gasteiger partial charge in [0.05, 0.1) is 33.1 Å². The summed E-state index contributed by atoms with van der Waals surface area (Å²) in [6, 6.07) is 9.90. The second kappa shape index (κ2) is 7.16. The molecule has 0 aliphatic carbocycles. The molecular formula is C18H18N8O4S2. The Kier molecular flexibility index (Phi) is 4.63. The average Bonchev–Trinajstić information content (AvgIpc) is 3.41. The van der Waals surface area contributed by atoms with Crippen LogP contribution in [0.5, 0.6) is 0 Å². The number of likely N-dealkylation sites (tertiary alicyclic amines) is 1. The number of nitrogens with two attached hydrogens (primary N) is 1. The number of pyridine rings is 1. The van der Waals surface area contributed by atoms with Crippen LogP contribution >= 0.6 is 0 Å². The normalized spacial score (nSPS) is 15.8. The van der Waals surface area contributed by atoms with Gasteiger partial charge in [-0.3, -0.25) is 0 Å². The molecule has 5 rings (SSSR count). The van der Waals surface area contributed by atoms with Crippen molar-refractivity contribution < 1.29 is 16.8 Å². The highest BCUT2D eigenvalue weighted by Gasteiger charge is 2.41. The van der Waals surface area contributed by atoms with Crippen molar-refractivity contribution in [3.05, 3.63) is 42.6 Å². The first kappa shape index (κ1) is 20.7. The number of aromatic nitrogens is 6. The maximum Gasteiger partial charge on any atom is 0.240 e. The molecule has 14 heteroatoms. The largest absolute Gasteiger partial charge is 0.304 e. The van der Waals surface area contributed by atoms with E-state index >= 15 is 0 Å². The fourth-order valence-electron chi connectivity index (χ4n) is 3.94. The van der Waals surface area contributed by atoms with Gasteiger partial charge in [-0.15, -0.1) is 10.2 Å². The zero-order valence-corrected chi connectivity index (χ0v) is 18.4. The van der Waals surface area contributed by atoms with Gasteiger partial charge in [-0.2, -0.15) is 10.3 Å².